The van der Waals surface area contributed by atoms with Gasteiger partial charge in [0, 0.05) is 10.9 Å². The molecule has 0 aromatic heterocycles. The maximum absolute atomic E-state index is 6.07. The summed E-state index contributed by atoms with van der Waals surface area (Å²) in [5.41, 5.74) is 7.40. The highest BCUT2D eigenvalue weighted by molar-refractivity contribution is 7.99. The number of nitrogens with two attached hydrogens (primary N) is 1. The smallest absolute Gasteiger partial charge is 0.00721 e. The first-order chi connectivity index (χ1) is 7.75. The second-order valence-electron chi connectivity index (χ2n) is 4.81. The van der Waals surface area contributed by atoms with Crippen LogP contribution >= 0.6 is 11.8 Å². The number of thioether (sulfide) groups is 1. The van der Waals surface area contributed by atoms with E-state index in [1.807, 2.05) is 11.8 Å². The van der Waals surface area contributed by atoms with E-state index in [4.69, 9.17) is 5.73 Å². The highest BCUT2D eigenvalue weighted by Gasteiger charge is 2.22. The van der Waals surface area contributed by atoms with Crippen molar-refractivity contribution < 1.29 is 0 Å². The lowest BCUT2D eigenvalue weighted by Gasteiger charge is -2.14. The largest absolute Gasteiger partial charge is 0.327 e. The fraction of sp³-hybridized carbons (Fsp3) is 0.571. The summed E-state index contributed by atoms with van der Waals surface area (Å²) in [4.78, 5) is 1.39. The molecule has 2 atom stereocenters. The third-order valence-electron chi connectivity index (χ3n) is 3.50. The van der Waals surface area contributed by atoms with E-state index in [9.17, 15) is 0 Å². The number of hydrogen-bond donors (Lipinski definition) is 1. The Bertz CT molecular complexity index is 320. The zero-order valence-corrected chi connectivity index (χ0v) is 10.8. The number of benzene rings is 1. The third-order valence-corrected chi connectivity index (χ3v) is 4.54. The van der Waals surface area contributed by atoms with E-state index in [2.05, 4.69) is 31.2 Å². The van der Waals surface area contributed by atoms with Gasteiger partial charge in [-0.25, -0.2) is 0 Å². The molecule has 0 amide bonds. The second-order valence-corrected chi connectivity index (χ2v) is 5.97. The Morgan fingerprint density at radius 3 is 2.62 bits per heavy atom. The minimum atomic E-state index is 0.471. The zero-order valence-electron chi connectivity index (χ0n) is 9.99. The molecule has 2 N–H and O–H groups in total. The molecule has 2 unspecified atom stereocenters. The molecule has 0 radical (unpaired) electrons. The quantitative estimate of drug-likeness (QED) is 0.807. The van der Waals surface area contributed by atoms with Crippen LogP contribution in [0.15, 0.2) is 29.2 Å². The SMILES string of the molecule is Cc1ccc(SCCC2CCCC2N)cc1. The van der Waals surface area contributed by atoms with E-state index in [1.165, 1.54) is 41.9 Å². The van der Waals surface area contributed by atoms with Crippen molar-refractivity contribution in [1.82, 2.24) is 0 Å². The van der Waals surface area contributed by atoms with Crippen LogP contribution in [0.2, 0.25) is 0 Å². The fourth-order valence-electron chi connectivity index (χ4n) is 2.39. The second kappa shape index (κ2) is 5.74. The molecule has 1 fully saturated rings. The lowest BCUT2D eigenvalue weighted by Crippen LogP contribution is -2.24. The van der Waals surface area contributed by atoms with Crippen LogP contribution in [0, 0.1) is 12.8 Å². The first kappa shape index (κ1) is 12.0. The summed E-state index contributed by atoms with van der Waals surface area (Å²) in [6, 6.07) is 9.27. The van der Waals surface area contributed by atoms with Gasteiger partial charge < -0.3 is 5.73 Å². The van der Waals surface area contributed by atoms with Crippen LogP contribution in [0.25, 0.3) is 0 Å². The fourth-order valence-corrected chi connectivity index (χ4v) is 3.37. The number of hydrogen-bond acceptors (Lipinski definition) is 2. The topological polar surface area (TPSA) is 26.0 Å². The van der Waals surface area contributed by atoms with Crippen molar-refractivity contribution in [1.29, 1.82) is 0 Å². The van der Waals surface area contributed by atoms with Crippen LogP contribution in [0.3, 0.4) is 0 Å². The van der Waals surface area contributed by atoms with Crippen molar-refractivity contribution in [3.05, 3.63) is 29.8 Å². The monoisotopic (exact) mass is 235 g/mol. The highest BCUT2D eigenvalue weighted by Crippen LogP contribution is 2.29. The van der Waals surface area contributed by atoms with E-state index in [1.54, 1.807) is 0 Å². The summed E-state index contributed by atoms with van der Waals surface area (Å²) in [7, 11) is 0. The molecule has 2 rings (SSSR count). The molecule has 0 bridgehead atoms. The molecular weight excluding hydrogens is 214 g/mol. The summed E-state index contributed by atoms with van der Waals surface area (Å²) in [6.45, 7) is 2.13. The molecule has 1 aromatic carbocycles. The lowest BCUT2D eigenvalue weighted by atomic mass is 10.0. The van der Waals surface area contributed by atoms with Crippen molar-refractivity contribution in [3.8, 4) is 0 Å². The average Bonchev–Trinajstić information content (AvgIpc) is 2.68. The summed E-state index contributed by atoms with van der Waals surface area (Å²) in [6.07, 6.45) is 5.19. The van der Waals surface area contributed by atoms with Gasteiger partial charge >= 0.3 is 0 Å². The van der Waals surface area contributed by atoms with Gasteiger partial charge in [0.2, 0.25) is 0 Å². The van der Waals surface area contributed by atoms with Crippen molar-refractivity contribution in [3.63, 3.8) is 0 Å². The van der Waals surface area contributed by atoms with Crippen LogP contribution in [0.4, 0.5) is 0 Å². The van der Waals surface area contributed by atoms with Gasteiger partial charge in [-0.1, -0.05) is 24.1 Å². The molecule has 0 spiro atoms. The van der Waals surface area contributed by atoms with Crippen molar-refractivity contribution in [2.75, 3.05) is 5.75 Å². The molecular formula is C14H21NS. The summed E-state index contributed by atoms with van der Waals surface area (Å²) in [5, 5.41) is 0. The molecule has 1 saturated carbocycles. The summed E-state index contributed by atoms with van der Waals surface area (Å²) >= 11 is 1.96. The normalized spacial score (nSPS) is 24.9. The molecule has 0 heterocycles. The lowest BCUT2D eigenvalue weighted by molar-refractivity contribution is 0.470. The van der Waals surface area contributed by atoms with Crippen molar-refractivity contribution >= 4 is 11.8 Å². The highest BCUT2D eigenvalue weighted by atomic mass is 32.2. The first-order valence-corrected chi connectivity index (χ1v) is 7.19. The van der Waals surface area contributed by atoms with Gasteiger partial charge in [-0.15, -0.1) is 11.8 Å². The maximum Gasteiger partial charge on any atom is 0.00721 e. The Morgan fingerprint density at radius 1 is 1.25 bits per heavy atom. The van der Waals surface area contributed by atoms with Crippen LogP contribution < -0.4 is 5.73 Å². The summed E-state index contributed by atoms with van der Waals surface area (Å²) in [5.74, 6) is 1.99. The van der Waals surface area contributed by atoms with Gasteiger partial charge in [0.25, 0.3) is 0 Å². The number of rotatable bonds is 4. The minimum absolute atomic E-state index is 0.471. The van der Waals surface area contributed by atoms with Crippen molar-refractivity contribution in [2.45, 2.75) is 43.5 Å². The molecule has 2 heteroatoms. The Morgan fingerprint density at radius 2 is 2.00 bits per heavy atom. The van der Waals surface area contributed by atoms with Crippen molar-refractivity contribution in [2.24, 2.45) is 11.7 Å². The zero-order chi connectivity index (χ0) is 11.4. The van der Waals surface area contributed by atoms with Gasteiger partial charge in [-0.3, -0.25) is 0 Å². The predicted octanol–water partition coefficient (Wildman–Crippen LogP) is 3.60. The maximum atomic E-state index is 6.07. The molecule has 1 aliphatic carbocycles. The molecule has 1 aromatic rings. The van der Waals surface area contributed by atoms with E-state index < -0.39 is 0 Å². The van der Waals surface area contributed by atoms with Crippen LogP contribution in [-0.2, 0) is 0 Å². The van der Waals surface area contributed by atoms with Gasteiger partial charge in [-0.2, -0.15) is 0 Å². The molecule has 1 nitrogen and oxygen atoms in total. The van der Waals surface area contributed by atoms with Crippen LogP contribution in [0.5, 0.6) is 0 Å². The Kier molecular flexibility index (Phi) is 4.30. The van der Waals surface area contributed by atoms with E-state index in [0.717, 1.165) is 5.92 Å². The first-order valence-electron chi connectivity index (χ1n) is 6.21. The van der Waals surface area contributed by atoms with Crippen LogP contribution in [-0.4, -0.2) is 11.8 Å². The molecule has 0 aliphatic heterocycles. The Hall–Kier alpha value is -0.470. The van der Waals surface area contributed by atoms with Gasteiger partial charge in [-0.05, 0) is 50.0 Å². The van der Waals surface area contributed by atoms with E-state index >= 15 is 0 Å². The van der Waals surface area contributed by atoms with Gasteiger partial charge in [0.15, 0.2) is 0 Å². The summed E-state index contributed by atoms with van der Waals surface area (Å²) < 4.78 is 0. The Balaban J connectivity index is 1.73. The third kappa shape index (κ3) is 3.26. The van der Waals surface area contributed by atoms with E-state index in [0.29, 0.717) is 6.04 Å². The minimum Gasteiger partial charge on any atom is -0.327 e. The average molecular weight is 235 g/mol. The van der Waals surface area contributed by atoms with Crippen LogP contribution in [0.1, 0.15) is 31.2 Å². The standard InChI is InChI=1S/C14H21NS/c1-11-5-7-13(8-6-11)16-10-9-12-3-2-4-14(12)15/h5-8,12,14H,2-4,9-10,15H2,1H3. The molecule has 1 aliphatic rings. The predicted molar refractivity (Wildman–Crippen MR) is 71.8 cm³/mol. The van der Waals surface area contributed by atoms with Gasteiger partial charge in [0.05, 0.1) is 0 Å². The molecule has 0 saturated heterocycles. The Labute approximate surface area is 103 Å². The molecule has 88 valence electrons. The van der Waals surface area contributed by atoms with Gasteiger partial charge in [0.1, 0.15) is 0 Å². The van der Waals surface area contributed by atoms with E-state index in [-0.39, 0.29) is 0 Å². The molecule has 16 heavy (non-hydrogen) atoms. The number of aryl methyl sites for hydroxylation is 1.